The average Bonchev–Trinajstić information content (AvgIpc) is 3.11. The molecule has 1 N–H and O–H groups in total. The summed E-state index contributed by atoms with van der Waals surface area (Å²) in [5, 5.41) is 2.81. The Labute approximate surface area is 138 Å². The molecule has 0 saturated heterocycles. The summed E-state index contributed by atoms with van der Waals surface area (Å²) < 4.78 is 1.86. The third kappa shape index (κ3) is 2.30. The highest BCUT2D eigenvalue weighted by molar-refractivity contribution is 8.04. The maximum absolute atomic E-state index is 12.7. The quantitative estimate of drug-likeness (QED) is 0.923. The maximum atomic E-state index is 12.7. The number of amides is 1. The molecule has 3 heterocycles. The maximum Gasteiger partial charge on any atom is 0.236 e. The SMILES string of the molecule is CC1=C(c2ccccc2)C2C(=O)NC(c3nccn3C)=NC2S1. The van der Waals surface area contributed by atoms with Gasteiger partial charge in [-0.05, 0) is 23.0 Å². The fraction of sp³-hybridized carbons (Fsp3) is 0.235. The van der Waals surface area contributed by atoms with E-state index < -0.39 is 0 Å². The lowest BCUT2D eigenvalue weighted by atomic mass is 9.90. The first-order valence-electron chi connectivity index (χ1n) is 7.44. The first-order valence-corrected chi connectivity index (χ1v) is 8.32. The molecular formula is C17H16N4OS. The second-order valence-corrected chi connectivity index (χ2v) is 6.98. The van der Waals surface area contributed by atoms with Crippen molar-refractivity contribution in [3.05, 3.63) is 59.0 Å². The first kappa shape index (κ1) is 14.3. The number of aliphatic imine (C=N–C) groups is 1. The van der Waals surface area contributed by atoms with Crippen molar-refractivity contribution in [2.45, 2.75) is 12.3 Å². The van der Waals surface area contributed by atoms with E-state index in [0.717, 1.165) is 16.0 Å². The molecule has 0 fully saturated rings. The van der Waals surface area contributed by atoms with Gasteiger partial charge in [-0.25, -0.2) is 9.98 Å². The van der Waals surface area contributed by atoms with Gasteiger partial charge in [-0.1, -0.05) is 30.3 Å². The fourth-order valence-electron chi connectivity index (χ4n) is 3.10. The van der Waals surface area contributed by atoms with Gasteiger partial charge in [0.1, 0.15) is 5.37 Å². The van der Waals surface area contributed by atoms with E-state index >= 15 is 0 Å². The van der Waals surface area contributed by atoms with Crippen LogP contribution in [-0.4, -0.2) is 26.7 Å². The Morgan fingerprint density at radius 1 is 1.26 bits per heavy atom. The largest absolute Gasteiger partial charge is 0.331 e. The monoisotopic (exact) mass is 324 g/mol. The summed E-state index contributed by atoms with van der Waals surface area (Å²) in [4.78, 5) is 22.9. The average molecular weight is 324 g/mol. The lowest BCUT2D eigenvalue weighted by Gasteiger charge is -2.25. The van der Waals surface area contributed by atoms with Crippen molar-refractivity contribution >= 4 is 29.1 Å². The molecular weight excluding hydrogens is 308 g/mol. The zero-order valence-electron chi connectivity index (χ0n) is 12.9. The predicted molar refractivity (Wildman–Crippen MR) is 91.8 cm³/mol. The van der Waals surface area contributed by atoms with Crippen LogP contribution >= 0.6 is 11.8 Å². The van der Waals surface area contributed by atoms with Crippen LogP contribution in [0, 0.1) is 5.92 Å². The lowest BCUT2D eigenvalue weighted by molar-refractivity contribution is -0.122. The van der Waals surface area contributed by atoms with Gasteiger partial charge in [0.15, 0.2) is 11.7 Å². The molecule has 5 nitrogen and oxygen atoms in total. The minimum absolute atomic E-state index is 0.00815. The summed E-state index contributed by atoms with van der Waals surface area (Å²) >= 11 is 1.66. The van der Waals surface area contributed by atoms with E-state index in [1.54, 1.807) is 18.0 Å². The van der Waals surface area contributed by atoms with Crippen molar-refractivity contribution in [3.63, 3.8) is 0 Å². The number of hydrogen-bond donors (Lipinski definition) is 1. The molecule has 6 heteroatoms. The van der Waals surface area contributed by atoms with Crippen molar-refractivity contribution in [1.82, 2.24) is 14.9 Å². The van der Waals surface area contributed by atoms with E-state index in [1.165, 1.54) is 0 Å². The van der Waals surface area contributed by atoms with Crippen LogP contribution in [0.1, 0.15) is 18.3 Å². The number of aromatic nitrogens is 2. The number of thioether (sulfide) groups is 1. The number of carbonyl (C=O) groups is 1. The first-order chi connectivity index (χ1) is 11.1. The number of amidine groups is 1. The normalized spacial score (nSPS) is 23.6. The van der Waals surface area contributed by atoms with Gasteiger partial charge in [0.25, 0.3) is 0 Å². The second kappa shape index (κ2) is 5.38. The standard InChI is InChI=1S/C17H16N4OS/c1-10-12(11-6-4-3-5-7-11)13-16(22)19-14(20-17(13)23-10)15-18-8-9-21(15)2/h3-9,13,17H,1-2H3,(H,19,20,22). The fourth-order valence-corrected chi connectivity index (χ4v) is 4.39. The minimum atomic E-state index is -0.244. The molecule has 2 unspecified atom stereocenters. The minimum Gasteiger partial charge on any atom is -0.331 e. The van der Waals surface area contributed by atoms with Gasteiger partial charge in [-0.15, -0.1) is 11.8 Å². The molecule has 23 heavy (non-hydrogen) atoms. The molecule has 2 aliphatic heterocycles. The molecule has 0 aliphatic carbocycles. The van der Waals surface area contributed by atoms with Crippen LogP contribution in [0.3, 0.4) is 0 Å². The van der Waals surface area contributed by atoms with Crippen LogP contribution in [0.25, 0.3) is 5.57 Å². The van der Waals surface area contributed by atoms with E-state index in [-0.39, 0.29) is 17.2 Å². The second-order valence-electron chi connectivity index (χ2n) is 5.65. The highest BCUT2D eigenvalue weighted by Gasteiger charge is 2.43. The molecule has 2 aliphatic rings. The number of fused-ring (bicyclic) bond motifs is 1. The Bertz CT molecular complexity index is 837. The van der Waals surface area contributed by atoms with Crippen LogP contribution in [-0.2, 0) is 11.8 Å². The number of imidazole rings is 1. The van der Waals surface area contributed by atoms with E-state index in [0.29, 0.717) is 11.7 Å². The smallest absolute Gasteiger partial charge is 0.236 e. The van der Waals surface area contributed by atoms with Crippen molar-refractivity contribution in [1.29, 1.82) is 0 Å². The van der Waals surface area contributed by atoms with Crippen molar-refractivity contribution in [2.75, 3.05) is 0 Å². The van der Waals surface area contributed by atoms with Crippen LogP contribution in [0.5, 0.6) is 0 Å². The molecule has 2 aromatic rings. The third-order valence-electron chi connectivity index (χ3n) is 4.17. The lowest BCUT2D eigenvalue weighted by Crippen LogP contribution is -2.45. The summed E-state index contributed by atoms with van der Waals surface area (Å²) in [5.74, 6) is 0.985. The Hall–Kier alpha value is -2.34. The zero-order valence-corrected chi connectivity index (χ0v) is 13.7. The summed E-state index contributed by atoms with van der Waals surface area (Å²) in [6, 6.07) is 10.1. The Kier molecular flexibility index (Phi) is 3.34. The topological polar surface area (TPSA) is 59.3 Å². The van der Waals surface area contributed by atoms with Gasteiger partial charge in [0, 0.05) is 19.4 Å². The number of hydrogen-bond acceptors (Lipinski definition) is 4. The van der Waals surface area contributed by atoms with Gasteiger partial charge in [-0.2, -0.15) is 0 Å². The summed E-state index contributed by atoms with van der Waals surface area (Å²) in [6.45, 7) is 2.06. The van der Waals surface area contributed by atoms with E-state index in [4.69, 9.17) is 4.99 Å². The number of allylic oxidation sites excluding steroid dienone is 1. The number of benzene rings is 1. The molecule has 1 amide bonds. The number of aryl methyl sites for hydroxylation is 1. The van der Waals surface area contributed by atoms with E-state index in [1.807, 2.05) is 48.1 Å². The van der Waals surface area contributed by atoms with Crippen LogP contribution in [0.15, 0.2) is 52.6 Å². The Balaban J connectivity index is 1.73. The third-order valence-corrected chi connectivity index (χ3v) is 5.36. The molecule has 1 aromatic carbocycles. The van der Waals surface area contributed by atoms with E-state index in [9.17, 15) is 4.79 Å². The van der Waals surface area contributed by atoms with Gasteiger partial charge in [-0.3, -0.25) is 4.79 Å². The molecule has 0 spiro atoms. The van der Waals surface area contributed by atoms with Crippen molar-refractivity contribution < 1.29 is 4.79 Å². The number of carbonyl (C=O) groups excluding carboxylic acids is 1. The molecule has 0 radical (unpaired) electrons. The van der Waals surface area contributed by atoms with Gasteiger partial charge in [0.2, 0.25) is 5.91 Å². The molecule has 4 rings (SSSR count). The summed E-state index contributed by atoms with van der Waals surface area (Å²) in [5.41, 5.74) is 2.18. The van der Waals surface area contributed by atoms with Gasteiger partial charge >= 0.3 is 0 Å². The molecule has 116 valence electrons. The van der Waals surface area contributed by atoms with Crippen LogP contribution < -0.4 is 5.32 Å². The van der Waals surface area contributed by atoms with Gasteiger partial charge in [0.05, 0.1) is 5.92 Å². The van der Waals surface area contributed by atoms with Crippen molar-refractivity contribution in [2.24, 2.45) is 18.0 Å². The van der Waals surface area contributed by atoms with Gasteiger partial charge < -0.3 is 9.88 Å². The molecule has 2 atom stereocenters. The van der Waals surface area contributed by atoms with Crippen LogP contribution in [0.2, 0.25) is 0 Å². The number of nitrogens with zero attached hydrogens (tertiary/aromatic N) is 3. The summed E-state index contributed by atoms with van der Waals surface area (Å²) in [7, 11) is 1.89. The summed E-state index contributed by atoms with van der Waals surface area (Å²) in [6.07, 6.45) is 3.55. The highest BCUT2D eigenvalue weighted by Crippen LogP contribution is 2.48. The zero-order chi connectivity index (χ0) is 16.0. The Morgan fingerprint density at radius 3 is 2.74 bits per heavy atom. The Morgan fingerprint density at radius 2 is 2.04 bits per heavy atom. The molecule has 0 saturated carbocycles. The van der Waals surface area contributed by atoms with Crippen molar-refractivity contribution in [3.8, 4) is 0 Å². The number of nitrogens with one attached hydrogen (secondary N) is 1. The predicted octanol–water partition coefficient (Wildman–Crippen LogP) is 2.42. The molecule has 0 bridgehead atoms. The highest BCUT2D eigenvalue weighted by atomic mass is 32.2. The number of rotatable bonds is 2. The van der Waals surface area contributed by atoms with Crippen LogP contribution in [0.4, 0.5) is 0 Å². The molecule has 1 aromatic heterocycles. The van der Waals surface area contributed by atoms with E-state index in [2.05, 4.69) is 17.2 Å².